The van der Waals surface area contributed by atoms with E-state index in [1.807, 2.05) is 0 Å². The lowest BCUT2D eigenvalue weighted by Gasteiger charge is -2.45. The number of phenolic OH excluding ortho intramolecular Hbond substituents is 4. The number of phenols is 4. The summed E-state index contributed by atoms with van der Waals surface area (Å²) < 4.78 is 72.7. The van der Waals surface area contributed by atoms with Crippen LogP contribution in [0.5, 0.6) is 51.7 Å². The zero-order valence-corrected chi connectivity index (χ0v) is 45.1. The van der Waals surface area contributed by atoms with Crippen molar-refractivity contribution >= 4 is 42.1 Å². The van der Waals surface area contributed by atoms with Crippen LogP contribution < -0.4 is 18.9 Å². The quantitative estimate of drug-likeness (QED) is 0.0170. The molecule has 15 atom stereocenters. The number of aliphatic carboxylic acids is 1. The van der Waals surface area contributed by atoms with E-state index in [9.17, 15) is 75.3 Å². The van der Waals surface area contributed by atoms with Gasteiger partial charge in [0.25, 0.3) is 11.9 Å². The summed E-state index contributed by atoms with van der Waals surface area (Å²) in [6.45, 7) is -2.24. The monoisotopic (exact) mass is 1200 g/mol. The number of ether oxygens (including phenoxy) is 13. The van der Waals surface area contributed by atoms with Gasteiger partial charge >= 0.3 is 23.9 Å². The van der Waals surface area contributed by atoms with E-state index in [0.717, 1.165) is 18.2 Å². The van der Waals surface area contributed by atoms with Crippen molar-refractivity contribution in [3.8, 4) is 51.7 Å². The topological polar surface area (TPSA) is 435 Å². The van der Waals surface area contributed by atoms with Crippen molar-refractivity contribution in [1.29, 1.82) is 0 Å². The molecule has 0 radical (unpaired) electrons. The second-order valence-corrected chi connectivity index (χ2v) is 19.3. The van der Waals surface area contributed by atoms with Crippen molar-refractivity contribution in [1.82, 2.24) is 0 Å². The highest BCUT2D eigenvalue weighted by atomic mass is 16.8. The average molecular weight is 1200 g/mol. The molecule has 3 fully saturated rings. The van der Waals surface area contributed by atoms with Crippen molar-refractivity contribution in [2.45, 2.75) is 98.5 Å². The molecular weight excluding hydrogens is 1140 g/mol. The van der Waals surface area contributed by atoms with Gasteiger partial charge in [0.15, 0.2) is 47.3 Å². The molecule has 15 unspecified atom stereocenters. The highest BCUT2D eigenvalue weighted by molar-refractivity contribution is 5.90. The smallest absolute Gasteiger partial charge is 0.331 e. The number of carbonyl (C=O) groups excluding carboxylic acids is 3. The number of carboxylic acids is 1. The Morgan fingerprint density at radius 2 is 1.24 bits per heavy atom. The van der Waals surface area contributed by atoms with Crippen molar-refractivity contribution in [2.75, 3.05) is 41.2 Å². The van der Waals surface area contributed by atoms with Gasteiger partial charge in [0.2, 0.25) is 18.3 Å². The Kier molecular flexibility index (Phi) is 20.2. The lowest BCUT2D eigenvalue weighted by molar-refractivity contribution is -0.353. The molecule has 0 amide bonds. The van der Waals surface area contributed by atoms with E-state index in [0.29, 0.717) is 11.1 Å². The van der Waals surface area contributed by atoms with Gasteiger partial charge in [-0.3, -0.25) is 9.59 Å². The van der Waals surface area contributed by atoms with Crippen LogP contribution in [0.4, 0.5) is 0 Å². The molecule has 3 saturated heterocycles. The maximum Gasteiger partial charge on any atom is 0.331 e. The minimum absolute atomic E-state index is 0.00855. The van der Waals surface area contributed by atoms with Crippen LogP contribution >= 0.6 is 0 Å². The summed E-state index contributed by atoms with van der Waals surface area (Å²) in [6, 6.07) is 14.7. The predicted molar refractivity (Wildman–Crippen MR) is 282 cm³/mol. The molecule has 0 aliphatic carbocycles. The molecular formula is C56H61O29+. The van der Waals surface area contributed by atoms with Crippen molar-refractivity contribution in [3.63, 3.8) is 0 Å². The number of aromatic hydroxyl groups is 5. The maximum absolute atomic E-state index is 13.5. The van der Waals surface area contributed by atoms with Gasteiger partial charge in [0.1, 0.15) is 97.4 Å². The molecule has 4 aliphatic heterocycles. The number of benzene rings is 4. The van der Waals surface area contributed by atoms with E-state index in [2.05, 4.69) is 0 Å². The fourth-order valence-electron chi connectivity index (χ4n) is 9.09. The molecule has 0 bridgehead atoms. The van der Waals surface area contributed by atoms with Crippen LogP contribution in [0.2, 0.25) is 0 Å². The molecule has 85 heavy (non-hydrogen) atoms. The first-order valence-electron chi connectivity index (χ1n) is 25.7. The number of methoxy groups -OCH3 is 3. The van der Waals surface area contributed by atoms with E-state index in [4.69, 9.17) is 66.7 Å². The molecule has 0 spiro atoms. The third-order valence-corrected chi connectivity index (χ3v) is 13.5. The highest BCUT2D eigenvalue weighted by Crippen LogP contribution is 2.47. The molecule has 29 heteroatoms. The van der Waals surface area contributed by atoms with Gasteiger partial charge in [0, 0.05) is 24.3 Å². The third-order valence-electron chi connectivity index (χ3n) is 13.5. The Balaban J connectivity index is 1.13. The molecule has 0 aromatic heterocycles. The number of hydrogen-bond acceptors (Lipinski definition) is 27. The Labute approximate surface area is 481 Å². The van der Waals surface area contributed by atoms with Gasteiger partial charge < -0.3 is 123 Å². The SMILES string of the molecule is COc1cc(C=CC(=O)OCC2OC(OC3=Cc4c(OC5OC(COC(=O)CC(=O)O)C(O)C(O)C5O)cc(O)cc4[OH+]C3c3ccc(O)cc3)C(OC3OCC(O)C(O)C3OC(=O)C=Cc3cc(OC)c(O)c(OC)c3)C(O)C2O)ccc1O. The van der Waals surface area contributed by atoms with Crippen LogP contribution in [0, 0.1) is 0 Å². The molecule has 13 N–H and O–H groups in total. The fourth-order valence-corrected chi connectivity index (χ4v) is 9.09. The third kappa shape index (κ3) is 14.9. The molecule has 4 aliphatic rings. The Morgan fingerprint density at radius 3 is 1.91 bits per heavy atom. The normalized spacial score (nSPS) is 28.3. The second kappa shape index (κ2) is 27.5. The van der Waals surface area contributed by atoms with E-state index in [1.54, 1.807) is 0 Å². The van der Waals surface area contributed by atoms with Crippen molar-refractivity contribution in [2.24, 2.45) is 0 Å². The summed E-state index contributed by atoms with van der Waals surface area (Å²) in [7, 11) is 3.90. The van der Waals surface area contributed by atoms with Gasteiger partial charge in [-0.15, -0.1) is 0 Å². The Morgan fingerprint density at radius 1 is 0.612 bits per heavy atom. The summed E-state index contributed by atoms with van der Waals surface area (Å²) in [6.07, 6.45) is -23.2. The number of carbonyl (C=O) groups is 4. The molecule has 0 saturated carbocycles. The van der Waals surface area contributed by atoms with Crippen LogP contribution in [0.1, 0.15) is 34.8 Å². The lowest BCUT2D eigenvalue weighted by Crippen LogP contribution is -2.63. The molecule has 458 valence electrons. The minimum atomic E-state index is -2.12. The molecule has 8 rings (SSSR count). The van der Waals surface area contributed by atoms with Crippen LogP contribution in [0.25, 0.3) is 18.2 Å². The summed E-state index contributed by atoms with van der Waals surface area (Å²) in [4.78, 5) is 49.7. The standard InChI is InChI=1S/C56H60O29/c1-73-34-14-24(4-11-30(34)59)5-12-41(63)76-22-39-47(69)49(71)53(85-55-52(44(66)31(60)21-78-55)84-42(64)13-6-25-15-35(74-2)45(67)36(16-25)75-3)56(83-39)81-37-19-29-32(79-51(37)26-7-9-27(57)10-8-26)17-28(58)18-33(29)80-54-50(72)48(70)46(68)38(82-54)23-77-43(65)20-40(61)62/h4-19,31,38-39,44,46-60,66-72H,20-23H2,1-3H3,(H,61,62)/p+1. The van der Waals surface area contributed by atoms with Gasteiger partial charge in [-0.1, -0.05) is 6.07 Å². The molecule has 4 aromatic carbocycles. The van der Waals surface area contributed by atoms with Gasteiger partial charge in [-0.05, 0) is 71.8 Å². The fraction of sp³-hybridized carbons (Fsp3) is 0.393. The van der Waals surface area contributed by atoms with Gasteiger partial charge in [-0.25, -0.2) is 9.59 Å². The number of hydrogen-bond donors (Lipinski definition) is 12. The van der Waals surface area contributed by atoms with E-state index < -0.39 is 148 Å². The van der Waals surface area contributed by atoms with Crippen molar-refractivity contribution < 1.29 is 142 Å². The number of aliphatic hydroxyl groups excluding tert-OH is 7. The summed E-state index contributed by atoms with van der Waals surface area (Å²) in [5.41, 5.74) is 0.916. The summed E-state index contributed by atoms with van der Waals surface area (Å²) >= 11 is 0. The van der Waals surface area contributed by atoms with Gasteiger partial charge in [0.05, 0.1) is 39.6 Å². The molecule has 4 heterocycles. The second-order valence-electron chi connectivity index (χ2n) is 19.3. The van der Waals surface area contributed by atoms with Gasteiger partial charge in [-0.2, -0.15) is 0 Å². The van der Waals surface area contributed by atoms with E-state index in [1.165, 1.54) is 100 Å². The van der Waals surface area contributed by atoms with Crippen molar-refractivity contribution in [3.05, 3.63) is 107 Å². The summed E-state index contributed by atoms with van der Waals surface area (Å²) in [5.74, 6) is -6.54. The Bertz CT molecular complexity index is 3100. The van der Waals surface area contributed by atoms with Crippen LogP contribution in [0.3, 0.4) is 0 Å². The number of rotatable bonds is 21. The average Bonchev–Trinajstić information content (AvgIpc) is 3.63. The first kappa shape index (κ1) is 62.6. The minimum Gasteiger partial charge on any atom is -0.571 e. The number of esters is 3. The van der Waals surface area contributed by atoms with E-state index in [-0.39, 0.29) is 62.9 Å². The van der Waals surface area contributed by atoms with Crippen LogP contribution in [-0.4, -0.2) is 217 Å². The van der Waals surface area contributed by atoms with E-state index >= 15 is 0 Å². The lowest BCUT2D eigenvalue weighted by atomic mass is 9.97. The zero-order valence-electron chi connectivity index (χ0n) is 45.1. The first-order valence-corrected chi connectivity index (χ1v) is 25.7. The number of aliphatic hydroxyl groups is 8. The van der Waals surface area contributed by atoms with Crippen LogP contribution in [0.15, 0.2) is 84.6 Å². The molecule has 29 nitrogen and oxygen atoms in total. The summed E-state index contributed by atoms with van der Waals surface area (Å²) in [5, 5.41) is 129. The predicted octanol–water partition coefficient (Wildman–Crippen LogP) is -0.115. The molecule has 4 aromatic rings. The maximum atomic E-state index is 13.5. The number of carboxylic acid groups (broad SMARTS) is 1. The largest absolute Gasteiger partial charge is 0.571 e. The first-order chi connectivity index (χ1) is 40.5. The van der Waals surface area contributed by atoms with Crippen LogP contribution in [-0.2, 0) is 57.1 Å². The number of fused-ring (bicyclic) bond motifs is 1. The Hall–Kier alpha value is -8.46. The highest BCUT2D eigenvalue weighted by Gasteiger charge is 2.53. The zero-order chi connectivity index (χ0) is 61.4.